The normalized spacial score (nSPS) is 14.9. The highest BCUT2D eigenvalue weighted by molar-refractivity contribution is 5.91. The number of benzene rings is 1. The summed E-state index contributed by atoms with van der Waals surface area (Å²) in [6.45, 7) is 4.23. The number of carbonyl (C=O) groups is 3. The first kappa shape index (κ1) is 25.4. The fourth-order valence-corrected chi connectivity index (χ4v) is 2.88. The maximum Gasteiger partial charge on any atom is 0.326 e. The molecule has 0 saturated heterocycles. The number of phenols is 1. The van der Waals surface area contributed by atoms with Gasteiger partial charge in [-0.25, -0.2) is 4.79 Å². The van der Waals surface area contributed by atoms with Gasteiger partial charge < -0.3 is 32.3 Å². The van der Waals surface area contributed by atoms with Crippen molar-refractivity contribution in [3.8, 4) is 5.75 Å². The molecule has 0 aliphatic heterocycles. The highest BCUT2D eigenvalue weighted by Crippen LogP contribution is 2.12. The lowest BCUT2D eigenvalue weighted by molar-refractivity contribution is -0.142. The van der Waals surface area contributed by atoms with Crippen molar-refractivity contribution >= 4 is 17.8 Å². The van der Waals surface area contributed by atoms with Gasteiger partial charge in [-0.15, -0.1) is 0 Å². The van der Waals surface area contributed by atoms with Crippen molar-refractivity contribution in [1.82, 2.24) is 10.6 Å². The second-order valence-electron chi connectivity index (χ2n) is 7.53. The molecule has 0 radical (unpaired) electrons. The van der Waals surface area contributed by atoms with Crippen LogP contribution in [0.4, 0.5) is 0 Å². The Labute approximate surface area is 177 Å². The van der Waals surface area contributed by atoms with Gasteiger partial charge in [-0.05, 0) is 49.4 Å². The summed E-state index contributed by atoms with van der Waals surface area (Å²) in [7, 11) is 0. The molecule has 0 heterocycles. The van der Waals surface area contributed by atoms with E-state index in [-0.39, 0.29) is 18.1 Å². The smallest absolute Gasteiger partial charge is 0.326 e. The summed E-state index contributed by atoms with van der Waals surface area (Å²) in [6.07, 6.45) is 2.35. The molecule has 9 nitrogen and oxygen atoms in total. The fraction of sp³-hybridized carbons (Fsp3) is 0.571. The molecule has 30 heavy (non-hydrogen) atoms. The Bertz CT molecular complexity index is 695. The Morgan fingerprint density at radius 3 is 2.17 bits per heavy atom. The van der Waals surface area contributed by atoms with Gasteiger partial charge in [0.1, 0.15) is 17.8 Å². The summed E-state index contributed by atoms with van der Waals surface area (Å²) in [5.74, 6) is -2.21. The molecule has 4 unspecified atom stereocenters. The Balaban J connectivity index is 2.87. The molecular weight excluding hydrogens is 388 g/mol. The van der Waals surface area contributed by atoms with Crippen molar-refractivity contribution in [1.29, 1.82) is 0 Å². The van der Waals surface area contributed by atoms with E-state index >= 15 is 0 Å². The lowest BCUT2D eigenvalue weighted by atomic mass is 9.98. The van der Waals surface area contributed by atoms with Gasteiger partial charge in [0.25, 0.3) is 0 Å². The number of carboxylic acid groups (broad SMARTS) is 1. The summed E-state index contributed by atoms with van der Waals surface area (Å²) in [5.41, 5.74) is 12.1. The Morgan fingerprint density at radius 1 is 1.03 bits per heavy atom. The first-order valence-corrected chi connectivity index (χ1v) is 10.3. The van der Waals surface area contributed by atoms with Crippen LogP contribution in [0.15, 0.2) is 24.3 Å². The first-order chi connectivity index (χ1) is 14.2. The molecule has 9 heteroatoms. The average molecular weight is 423 g/mol. The molecule has 1 aromatic carbocycles. The van der Waals surface area contributed by atoms with Crippen LogP contribution in [0, 0.1) is 5.92 Å². The number of nitrogens with two attached hydrogens (primary N) is 2. The van der Waals surface area contributed by atoms with Gasteiger partial charge in [0.2, 0.25) is 11.8 Å². The molecule has 168 valence electrons. The zero-order chi connectivity index (χ0) is 22.7. The number of amides is 2. The third-order valence-electron chi connectivity index (χ3n) is 5.13. The minimum atomic E-state index is -1.19. The molecule has 1 aromatic rings. The predicted octanol–water partition coefficient (Wildman–Crippen LogP) is 0.491. The number of hydrogen-bond acceptors (Lipinski definition) is 6. The molecule has 0 aliphatic carbocycles. The maximum absolute atomic E-state index is 12.8. The number of unbranched alkanes of at least 4 members (excludes halogenated alkanes) is 1. The van der Waals surface area contributed by atoms with Crippen molar-refractivity contribution in [2.75, 3.05) is 6.54 Å². The van der Waals surface area contributed by atoms with Gasteiger partial charge >= 0.3 is 5.97 Å². The third-order valence-corrected chi connectivity index (χ3v) is 5.13. The van der Waals surface area contributed by atoms with Gasteiger partial charge in [0, 0.05) is 6.42 Å². The number of aromatic hydroxyl groups is 1. The topological polar surface area (TPSA) is 168 Å². The van der Waals surface area contributed by atoms with E-state index in [1.807, 2.05) is 13.8 Å². The highest BCUT2D eigenvalue weighted by atomic mass is 16.4. The van der Waals surface area contributed by atoms with E-state index in [1.165, 1.54) is 12.1 Å². The van der Waals surface area contributed by atoms with Crippen LogP contribution in [-0.2, 0) is 20.8 Å². The number of carboxylic acids is 1. The number of nitrogens with one attached hydrogen (secondary N) is 2. The van der Waals surface area contributed by atoms with Crippen molar-refractivity contribution in [3.63, 3.8) is 0 Å². The van der Waals surface area contributed by atoms with Gasteiger partial charge in [-0.3, -0.25) is 9.59 Å². The van der Waals surface area contributed by atoms with E-state index in [2.05, 4.69) is 10.6 Å². The van der Waals surface area contributed by atoms with Gasteiger partial charge in [-0.1, -0.05) is 32.4 Å². The summed E-state index contributed by atoms with van der Waals surface area (Å²) in [6, 6.07) is 3.23. The average Bonchev–Trinajstić information content (AvgIpc) is 2.72. The summed E-state index contributed by atoms with van der Waals surface area (Å²) in [5, 5.41) is 24.1. The molecule has 0 aliphatic rings. The van der Waals surface area contributed by atoms with E-state index in [4.69, 9.17) is 11.5 Å². The fourth-order valence-electron chi connectivity index (χ4n) is 2.88. The lowest BCUT2D eigenvalue weighted by Gasteiger charge is -2.24. The summed E-state index contributed by atoms with van der Waals surface area (Å²) >= 11 is 0. The van der Waals surface area contributed by atoms with Crippen molar-refractivity contribution in [2.45, 2.75) is 64.1 Å². The molecule has 0 spiro atoms. The molecule has 0 bridgehead atoms. The van der Waals surface area contributed by atoms with E-state index in [1.54, 1.807) is 12.1 Å². The lowest BCUT2D eigenvalue weighted by Crippen LogP contribution is -2.55. The molecule has 0 fully saturated rings. The summed E-state index contributed by atoms with van der Waals surface area (Å²) < 4.78 is 0. The Kier molecular flexibility index (Phi) is 10.8. The number of aliphatic carboxylic acids is 1. The summed E-state index contributed by atoms with van der Waals surface area (Å²) in [4.78, 5) is 36.9. The second kappa shape index (κ2) is 12.8. The third kappa shape index (κ3) is 8.38. The van der Waals surface area contributed by atoms with E-state index < -0.39 is 35.9 Å². The van der Waals surface area contributed by atoms with Crippen LogP contribution in [0.25, 0.3) is 0 Å². The first-order valence-electron chi connectivity index (χ1n) is 10.3. The minimum Gasteiger partial charge on any atom is -0.508 e. The maximum atomic E-state index is 12.8. The number of carbonyl (C=O) groups excluding carboxylic acids is 2. The SMILES string of the molecule is CCC(C)C(N)C(=O)NC(CCCCN)C(=O)NC(Cc1ccc(O)cc1)C(=O)O. The van der Waals surface area contributed by atoms with Crippen LogP contribution in [-0.4, -0.2) is 52.7 Å². The van der Waals surface area contributed by atoms with Crippen LogP contribution >= 0.6 is 0 Å². The standard InChI is InChI=1S/C21H34N4O5/c1-3-13(2)18(23)20(28)24-16(6-4-5-11-22)19(27)25-17(21(29)30)12-14-7-9-15(26)10-8-14/h7-10,13,16-18,26H,3-6,11-12,22-23H2,1-2H3,(H,24,28)(H,25,27)(H,29,30). The van der Waals surface area contributed by atoms with Gasteiger partial charge in [-0.2, -0.15) is 0 Å². The second-order valence-corrected chi connectivity index (χ2v) is 7.53. The molecular formula is C21H34N4O5. The molecule has 1 rings (SSSR count). The highest BCUT2D eigenvalue weighted by Gasteiger charge is 2.29. The molecule has 4 atom stereocenters. The molecule has 8 N–H and O–H groups in total. The predicted molar refractivity (Wildman–Crippen MR) is 114 cm³/mol. The Morgan fingerprint density at radius 2 is 1.63 bits per heavy atom. The minimum absolute atomic E-state index is 0.0389. The van der Waals surface area contributed by atoms with Crippen LogP contribution in [0.1, 0.15) is 45.1 Å². The molecule has 0 aromatic heterocycles. The van der Waals surface area contributed by atoms with Crippen LogP contribution in [0.5, 0.6) is 5.75 Å². The van der Waals surface area contributed by atoms with Crippen LogP contribution < -0.4 is 22.1 Å². The molecule has 0 saturated carbocycles. The number of hydrogen-bond donors (Lipinski definition) is 6. The number of phenolic OH excluding ortho intramolecular Hbond substituents is 1. The van der Waals surface area contributed by atoms with Crippen molar-refractivity contribution < 1.29 is 24.6 Å². The van der Waals surface area contributed by atoms with Gasteiger partial charge in [0.15, 0.2) is 0 Å². The largest absolute Gasteiger partial charge is 0.508 e. The van der Waals surface area contributed by atoms with E-state index in [0.717, 1.165) is 0 Å². The quantitative estimate of drug-likeness (QED) is 0.251. The van der Waals surface area contributed by atoms with Gasteiger partial charge in [0.05, 0.1) is 6.04 Å². The number of rotatable bonds is 13. The zero-order valence-corrected chi connectivity index (χ0v) is 17.6. The molecule has 2 amide bonds. The van der Waals surface area contributed by atoms with Crippen molar-refractivity contribution in [3.05, 3.63) is 29.8 Å². The zero-order valence-electron chi connectivity index (χ0n) is 17.6. The van der Waals surface area contributed by atoms with E-state index in [9.17, 15) is 24.6 Å². The monoisotopic (exact) mass is 422 g/mol. The Hall–Kier alpha value is -2.65. The van der Waals surface area contributed by atoms with Crippen LogP contribution in [0.3, 0.4) is 0 Å². The van der Waals surface area contributed by atoms with Crippen molar-refractivity contribution in [2.24, 2.45) is 17.4 Å². The van der Waals surface area contributed by atoms with Crippen LogP contribution in [0.2, 0.25) is 0 Å². The van der Waals surface area contributed by atoms with E-state index in [0.29, 0.717) is 37.8 Å².